The van der Waals surface area contributed by atoms with Crippen LogP contribution in [-0.2, 0) is 0 Å². The normalized spacial score (nSPS) is 11.2. The molecule has 20 heavy (non-hydrogen) atoms. The lowest BCUT2D eigenvalue weighted by atomic mass is 10.2. The summed E-state index contributed by atoms with van der Waals surface area (Å²) in [6.45, 7) is 6.32. The van der Waals surface area contributed by atoms with Gasteiger partial charge in [-0.1, -0.05) is 0 Å². The summed E-state index contributed by atoms with van der Waals surface area (Å²) in [6.07, 6.45) is 1.71. The molecular formula is C15H16Br2N2O. The maximum atomic E-state index is 5.45. The van der Waals surface area contributed by atoms with E-state index in [0.717, 1.165) is 23.2 Å². The van der Waals surface area contributed by atoms with Crippen molar-refractivity contribution in [3.63, 3.8) is 0 Å². The van der Waals surface area contributed by atoms with E-state index in [2.05, 4.69) is 67.7 Å². The lowest BCUT2D eigenvalue weighted by Crippen LogP contribution is -2.21. The summed E-state index contributed by atoms with van der Waals surface area (Å²) in [4.78, 5) is 6.70. The largest absolute Gasteiger partial charge is 0.447 e. The molecule has 0 atom stereocenters. The molecule has 0 N–H and O–H groups in total. The molecule has 0 radical (unpaired) electrons. The highest BCUT2D eigenvalue weighted by Crippen LogP contribution is 2.26. The summed E-state index contributed by atoms with van der Waals surface area (Å²) < 4.78 is 7.01. The van der Waals surface area contributed by atoms with E-state index in [1.165, 1.54) is 5.69 Å². The van der Waals surface area contributed by atoms with Gasteiger partial charge in [0.1, 0.15) is 5.76 Å². The minimum absolute atomic E-state index is 0.677. The van der Waals surface area contributed by atoms with Crippen molar-refractivity contribution in [2.24, 2.45) is 4.99 Å². The summed E-state index contributed by atoms with van der Waals surface area (Å²) in [5.41, 5.74) is 2.13. The molecule has 106 valence electrons. The Labute approximate surface area is 135 Å². The molecular weight excluding hydrogens is 384 g/mol. The Morgan fingerprint density at radius 2 is 1.80 bits per heavy atom. The van der Waals surface area contributed by atoms with Crippen LogP contribution in [0.4, 0.5) is 11.4 Å². The van der Waals surface area contributed by atoms with Gasteiger partial charge in [0.2, 0.25) is 0 Å². The molecule has 2 rings (SSSR count). The van der Waals surface area contributed by atoms with Gasteiger partial charge >= 0.3 is 0 Å². The van der Waals surface area contributed by atoms with Crippen LogP contribution in [0.3, 0.4) is 0 Å². The maximum Gasteiger partial charge on any atom is 0.184 e. The SMILES string of the molecule is CCN(CC)c1ccc(N=Cc2cc(Br)c(Br)o2)cc1. The Kier molecular flexibility index (Phi) is 5.43. The summed E-state index contributed by atoms with van der Waals surface area (Å²) in [7, 11) is 0. The second kappa shape index (κ2) is 7.09. The van der Waals surface area contributed by atoms with Crippen LogP contribution in [0.2, 0.25) is 0 Å². The van der Waals surface area contributed by atoms with E-state index in [9.17, 15) is 0 Å². The van der Waals surface area contributed by atoms with E-state index in [1.807, 2.05) is 18.2 Å². The molecule has 0 spiro atoms. The average Bonchev–Trinajstić information content (AvgIpc) is 2.78. The van der Waals surface area contributed by atoms with Crippen LogP contribution < -0.4 is 4.90 Å². The van der Waals surface area contributed by atoms with E-state index in [1.54, 1.807) is 6.21 Å². The second-order valence-electron chi connectivity index (χ2n) is 4.22. The Morgan fingerprint density at radius 3 is 2.30 bits per heavy atom. The van der Waals surface area contributed by atoms with E-state index < -0.39 is 0 Å². The molecule has 0 aliphatic carbocycles. The van der Waals surface area contributed by atoms with E-state index >= 15 is 0 Å². The van der Waals surface area contributed by atoms with Crippen LogP contribution in [0, 0.1) is 0 Å². The van der Waals surface area contributed by atoms with E-state index in [0.29, 0.717) is 10.4 Å². The standard InChI is InChI=1S/C15H16Br2N2O/c1-3-19(4-2)12-7-5-11(6-8-12)18-10-13-9-14(16)15(17)20-13/h5-10H,3-4H2,1-2H3. The number of rotatable bonds is 5. The van der Waals surface area contributed by atoms with Crippen molar-refractivity contribution in [2.45, 2.75) is 13.8 Å². The topological polar surface area (TPSA) is 28.7 Å². The van der Waals surface area contributed by atoms with Crippen molar-refractivity contribution in [3.8, 4) is 0 Å². The van der Waals surface area contributed by atoms with Crippen molar-refractivity contribution in [3.05, 3.63) is 45.2 Å². The summed E-state index contributed by atoms with van der Waals surface area (Å²) in [5.74, 6) is 0.705. The van der Waals surface area contributed by atoms with E-state index in [4.69, 9.17) is 4.42 Å². The monoisotopic (exact) mass is 398 g/mol. The third kappa shape index (κ3) is 3.73. The number of aliphatic imine (C=N–C) groups is 1. The van der Waals surface area contributed by atoms with Gasteiger partial charge in [0.05, 0.1) is 16.4 Å². The zero-order valence-corrected chi connectivity index (χ0v) is 14.6. The van der Waals surface area contributed by atoms with Gasteiger partial charge in [-0.25, -0.2) is 0 Å². The first-order chi connectivity index (χ1) is 9.63. The zero-order valence-electron chi connectivity index (χ0n) is 11.4. The van der Waals surface area contributed by atoms with Crippen molar-refractivity contribution >= 4 is 49.4 Å². The third-order valence-corrected chi connectivity index (χ3v) is 4.69. The molecule has 0 aliphatic rings. The summed E-state index contributed by atoms with van der Waals surface area (Å²) >= 11 is 6.68. The molecule has 2 aromatic rings. The zero-order chi connectivity index (χ0) is 14.5. The average molecular weight is 400 g/mol. The molecule has 1 aromatic heterocycles. The molecule has 3 nitrogen and oxygen atoms in total. The highest BCUT2D eigenvalue weighted by Gasteiger charge is 2.04. The van der Waals surface area contributed by atoms with Gasteiger partial charge in [-0.15, -0.1) is 0 Å². The van der Waals surface area contributed by atoms with Crippen molar-refractivity contribution in [2.75, 3.05) is 18.0 Å². The predicted octanol–water partition coefficient (Wildman–Crippen LogP) is 5.40. The summed E-state index contributed by atoms with van der Waals surface area (Å²) in [5, 5.41) is 0. The van der Waals surface area contributed by atoms with Gasteiger partial charge in [0, 0.05) is 24.8 Å². The van der Waals surface area contributed by atoms with Crippen molar-refractivity contribution in [1.82, 2.24) is 0 Å². The quantitative estimate of drug-likeness (QED) is 0.629. The molecule has 0 aliphatic heterocycles. The number of furan rings is 1. The van der Waals surface area contributed by atoms with Crippen LogP contribution in [0.1, 0.15) is 19.6 Å². The van der Waals surface area contributed by atoms with Gasteiger partial charge in [-0.3, -0.25) is 4.99 Å². The molecule has 0 amide bonds. The number of hydrogen-bond acceptors (Lipinski definition) is 3. The number of halogens is 2. The smallest absolute Gasteiger partial charge is 0.184 e. The highest BCUT2D eigenvalue weighted by atomic mass is 79.9. The third-order valence-electron chi connectivity index (χ3n) is 2.98. The fourth-order valence-corrected chi connectivity index (χ4v) is 2.51. The predicted molar refractivity (Wildman–Crippen MR) is 91.4 cm³/mol. The fraction of sp³-hybridized carbons (Fsp3) is 0.267. The highest BCUT2D eigenvalue weighted by molar-refractivity contribution is 9.13. The molecule has 0 saturated heterocycles. The van der Waals surface area contributed by atoms with E-state index in [-0.39, 0.29) is 0 Å². The second-order valence-corrected chi connectivity index (χ2v) is 5.79. The molecule has 1 aromatic carbocycles. The van der Waals surface area contributed by atoms with Gasteiger partial charge in [0.15, 0.2) is 4.67 Å². The lowest BCUT2D eigenvalue weighted by Gasteiger charge is -2.20. The van der Waals surface area contributed by atoms with Gasteiger partial charge < -0.3 is 9.32 Å². The van der Waals surface area contributed by atoms with Crippen LogP contribution in [0.5, 0.6) is 0 Å². The molecule has 0 saturated carbocycles. The molecule has 0 fully saturated rings. The Morgan fingerprint density at radius 1 is 1.15 bits per heavy atom. The van der Waals surface area contributed by atoms with Crippen molar-refractivity contribution < 1.29 is 4.42 Å². The first kappa shape index (κ1) is 15.3. The van der Waals surface area contributed by atoms with Crippen LogP contribution in [0.15, 0.2) is 48.9 Å². The first-order valence-corrected chi connectivity index (χ1v) is 8.06. The number of benzene rings is 1. The molecule has 5 heteroatoms. The Hall–Kier alpha value is -1.07. The summed E-state index contributed by atoms with van der Waals surface area (Å²) in [6, 6.07) is 10.1. The number of nitrogens with zero attached hydrogens (tertiary/aromatic N) is 2. The number of anilines is 1. The van der Waals surface area contributed by atoms with Crippen LogP contribution >= 0.6 is 31.9 Å². The first-order valence-electron chi connectivity index (χ1n) is 6.48. The minimum Gasteiger partial charge on any atom is -0.447 e. The number of hydrogen-bond donors (Lipinski definition) is 0. The lowest BCUT2D eigenvalue weighted by molar-refractivity contribution is 0.533. The van der Waals surface area contributed by atoms with Crippen molar-refractivity contribution in [1.29, 1.82) is 0 Å². The van der Waals surface area contributed by atoms with Gasteiger partial charge in [0.25, 0.3) is 0 Å². The fourth-order valence-electron chi connectivity index (χ4n) is 1.90. The maximum absolute atomic E-state index is 5.45. The molecule has 0 unspecified atom stereocenters. The molecule has 1 heterocycles. The Balaban J connectivity index is 2.10. The van der Waals surface area contributed by atoms with Crippen LogP contribution in [0.25, 0.3) is 0 Å². The minimum atomic E-state index is 0.677. The Bertz CT molecular complexity index is 567. The molecule has 0 bridgehead atoms. The van der Waals surface area contributed by atoms with Crippen LogP contribution in [-0.4, -0.2) is 19.3 Å². The van der Waals surface area contributed by atoms with Gasteiger partial charge in [-0.2, -0.15) is 0 Å². The van der Waals surface area contributed by atoms with Gasteiger partial charge in [-0.05, 0) is 70.0 Å².